The number of hydrogen-bond donors (Lipinski definition) is 2. The molecule has 0 aliphatic rings. The molecule has 0 bridgehead atoms. The van der Waals surface area contributed by atoms with Crippen molar-refractivity contribution in [1.82, 2.24) is 0 Å². The summed E-state index contributed by atoms with van der Waals surface area (Å²) in [4.78, 5) is 3.78. The molecule has 1 atom stereocenters. The lowest BCUT2D eigenvalue weighted by Crippen LogP contribution is -2.08. The van der Waals surface area contributed by atoms with Gasteiger partial charge in [-0.15, -0.1) is 0 Å². The van der Waals surface area contributed by atoms with Crippen LogP contribution in [-0.2, 0) is 4.89 Å². The summed E-state index contributed by atoms with van der Waals surface area (Å²) in [6.45, 7) is 2.23. The Morgan fingerprint density at radius 3 is 1.80 bits per heavy atom. The van der Waals surface area contributed by atoms with E-state index in [1.165, 1.54) is 44.9 Å². The number of aliphatic hydroxyl groups is 1. The van der Waals surface area contributed by atoms with E-state index in [2.05, 4.69) is 11.8 Å². The van der Waals surface area contributed by atoms with Gasteiger partial charge in [-0.2, -0.15) is 0 Å². The lowest BCUT2D eigenvalue weighted by atomic mass is 10.1. The molecule has 0 spiro atoms. The van der Waals surface area contributed by atoms with Crippen LogP contribution in [0.2, 0.25) is 0 Å². The lowest BCUT2D eigenvalue weighted by Gasteiger charge is -2.05. The van der Waals surface area contributed by atoms with E-state index in [-0.39, 0.29) is 0 Å². The van der Waals surface area contributed by atoms with Crippen LogP contribution >= 0.6 is 0 Å². The van der Waals surface area contributed by atoms with E-state index in [9.17, 15) is 0 Å². The quantitative estimate of drug-likeness (QED) is 0.240. The Morgan fingerprint density at radius 2 is 1.33 bits per heavy atom. The average Bonchev–Trinajstić information content (AvgIpc) is 2.26. The zero-order valence-corrected chi connectivity index (χ0v) is 9.95. The fourth-order valence-electron chi connectivity index (χ4n) is 1.68. The van der Waals surface area contributed by atoms with Gasteiger partial charge in [0.1, 0.15) is 0 Å². The van der Waals surface area contributed by atoms with Crippen molar-refractivity contribution in [2.75, 3.05) is 0 Å². The molecule has 2 N–H and O–H groups in total. The van der Waals surface area contributed by atoms with Crippen LogP contribution in [0.4, 0.5) is 0 Å². The highest BCUT2D eigenvalue weighted by Gasteiger charge is 2.01. The Hall–Kier alpha value is -0.120. The van der Waals surface area contributed by atoms with Crippen molar-refractivity contribution < 1.29 is 15.3 Å². The largest absolute Gasteiger partial charge is 0.366 e. The summed E-state index contributed by atoms with van der Waals surface area (Å²) < 4.78 is 0. The summed E-state index contributed by atoms with van der Waals surface area (Å²) >= 11 is 0. The highest BCUT2D eigenvalue weighted by molar-refractivity contribution is 4.48. The van der Waals surface area contributed by atoms with Gasteiger partial charge in [-0.3, -0.25) is 0 Å². The molecule has 0 fully saturated rings. The molecule has 0 radical (unpaired) electrons. The van der Waals surface area contributed by atoms with Gasteiger partial charge in [0.2, 0.25) is 0 Å². The van der Waals surface area contributed by atoms with Crippen LogP contribution in [0, 0.1) is 0 Å². The molecule has 0 aliphatic heterocycles. The van der Waals surface area contributed by atoms with Crippen molar-refractivity contribution in [3.8, 4) is 0 Å². The first-order valence-corrected chi connectivity index (χ1v) is 6.29. The maximum Gasteiger partial charge on any atom is 0.188 e. The second kappa shape index (κ2) is 12.0. The number of hydrogen-bond acceptors (Lipinski definition) is 3. The third-order valence-electron chi connectivity index (χ3n) is 2.68. The van der Waals surface area contributed by atoms with Crippen LogP contribution in [0.25, 0.3) is 0 Å². The Morgan fingerprint density at radius 1 is 0.867 bits per heavy atom. The summed E-state index contributed by atoms with van der Waals surface area (Å²) in [5.41, 5.74) is 0. The van der Waals surface area contributed by atoms with Crippen LogP contribution in [0.5, 0.6) is 0 Å². The van der Waals surface area contributed by atoms with Gasteiger partial charge in [0.05, 0.1) is 0 Å². The molecule has 92 valence electrons. The predicted octanol–water partition coefficient (Wildman–Crippen LogP) is 3.72. The van der Waals surface area contributed by atoms with Gasteiger partial charge < -0.3 is 5.11 Å². The molecule has 0 saturated heterocycles. The van der Waals surface area contributed by atoms with E-state index in [0.717, 1.165) is 12.8 Å². The van der Waals surface area contributed by atoms with Crippen molar-refractivity contribution in [3.05, 3.63) is 0 Å². The minimum Gasteiger partial charge on any atom is -0.366 e. The number of unbranched alkanes of at least 4 members (excludes halogenated alkanes) is 8. The van der Waals surface area contributed by atoms with E-state index in [4.69, 9.17) is 10.4 Å². The first-order valence-electron chi connectivity index (χ1n) is 6.29. The molecule has 0 aromatic rings. The van der Waals surface area contributed by atoms with Crippen LogP contribution in [-0.4, -0.2) is 16.7 Å². The number of rotatable bonds is 11. The van der Waals surface area contributed by atoms with Crippen molar-refractivity contribution in [2.45, 2.75) is 77.4 Å². The molecule has 0 saturated carbocycles. The summed E-state index contributed by atoms with van der Waals surface area (Å²) in [6, 6.07) is 0. The van der Waals surface area contributed by atoms with Gasteiger partial charge in [0.15, 0.2) is 6.29 Å². The molecule has 3 nitrogen and oxygen atoms in total. The Kier molecular flexibility index (Phi) is 11.9. The summed E-state index contributed by atoms with van der Waals surface area (Å²) in [6.07, 6.45) is 10.8. The fraction of sp³-hybridized carbons (Fsp3) is 1.00. The first kappa shape index (κ1) is 14.9. The monoisotopic (exact) mass is 218 g/mol. The highest BCUT2D eigenvalue weighted by atomic mass is 17.1. The van der Waals surface area contributed by atoms with E-state index < -0.39 is 6.29 Å². The molecule has 0 aromatic heterocycles. The maximum atomic E-state index is 8.89. The molecule has 0 heterocycles. The van der Waals surface area contributed by atoms with Gasteiger partial charge in [-0.05, 0) is 6.42 Å². The van der Waals surface area contributed by atoms with Gasteiger partial charge in [0, 0.05) is 6.42 Å². The predicted molar refractivity (Wildman–Crippen MR) is 61.6 cm³/mol. The minimum absolute atomic E-state index is 0.534. The van der Waals surface area contributed by atoms with Gasteiger partial charge in [-0.1, -0.05) is 58.3 Å². The Labute approximate surface area is 93.4 Å². The Balaban J connectivity index is 2.92. The topological polar surface area (TPSA) is 49.7 Å². The molecule has 0 amide bonds. The van der Waals surface area contributed by atoms with Crippen molar-refractivity contribution in [3.63, 3.8) is 0 Å². The highest BCUT2D eigenvalue weighted by Crippen LogP contribution is 2.11. The van der Waals surface area contributed by atoms with Crippen LogP contribution < -0.4 is 0 Å². The van der Waals surface area contributed by atoms with Crippen LogP contribution in [0.1, 0.15) is 71.1 Å². The molecule has 15 heavy (non-hydrogen) atoms. The second-order valence-electron chi connectivity index (χ2n) is 4.18. The van der Waals surface area contributed by atoms with E-state index in [0.29, 0.717) is 6.42 Å². The molecule has 1 unspecified atom stereocenters. The standard InChI is InChI=1S/C12H26O3/c1-2-3-4-5-6-7-8-9-10-11-12(13)15-14/h12-14H,2-11H2,1H3. The summed E-state index contributed by atoms with van der Waals surface area (Å²) in [5.74, 6) is 0. The average molecular weight is 218 g/mol. The van der Waals surface area contributed by atoms with Crippen LogP contribution in [0.3, 0.4) is 0 Å². The van der Waals surface area contributed by atoms with E-state index in [1.807, 2.05) is 0 Å². The third-order valence-corrected chi connectivity index (χ3v) is 2.68. The third kappa shape index (κ3) is 11.8. The first-order chi connectivity index (χ1) is 7.31. The zero-order valence-electron chi connectivity index (χ0n) is 9.95. The van der Waals surface area contributed by atoms with E-state index in [1.54, 1.807) is 0 Å². The molecule has 3 heteroatoms. The summed E-state index contributed by atoms with van der Waals surface area (Å²) in [5, 5.41) is 17.0. The molecule has 0 rings (SSSR count). The van der Waals surface area contributed by atoms with Gasteiger partial charge in [-0.25, -0.2) is 10.1 Å². The Bertz CT molecular complexity index is 117. The smallest absolute Gasteiger partial charge is 0.188 e. The minimum atomic E-state index is -0.991. The SMILES string of the molecule is CCCCCCCCCCCC(O)OO. The van der Waals surface area contributed by atoms with Crippen molar-refractivity contribution in [2.24, 2.45) is 0 Å². The van der Waals surface area contributed by atoms with E-state index >= 15 is 0 Å². The zero-order chi connectivity index (χ0) is 11.4. The second-order valence-corrected chi connectivity index (χ2v) is 4.18. The van der Waals surface area contributed by atoms with Gasteiger partial charge in [0.25, 0.3) is 0 Å². The fourth-order valence-corrected chi connectivity index (χ4v) is 1.68. The van der Waals surface area contributed by atoms with Gasteiger partial charge >= 0.3 is 0 Å². The number of aliphatic hydroxyl groups excluding tert-OH is 1. The molecular weight excluding hydrogens is 192 g/mol. The van der Waals surface area contributed by atoms with Crippen molar-refractivity contribution >= 4 is 0 Å². The van der Waals surface area contributed by atoms with Crippen LogP contribution in [0.15, 0.2) is 0 Å². The maximum absolute atomic E-state index is 8.89. The molecule has 0 aliphatic carbocycles. The summed E-state index contributed by atoms with van der Waals surface area (Å²) in [7, 11) is 0. The lowest BCUT2D eigenvalue weighted by molar-refractivity contribution is -0.335. The molecular formula is C12H26O3. The molecule has 0 aromatic carbocycles. The normalized spacial score (nSPS) is 13.0. The van der Waals surface area contributed by atoms with Crippen molar-refractivity contribution in [1.29, 1.82) is 0 Å².